The first kappa shape index (κ1) is 16.2. The van der Waals surface area contributed by atoms with Crippen molar-refractivity contribution in [1.29, 1.82) is 0 Å². The second-order valence-electron chi connectivity index (χ2n) is 6.73. The Hall–Kier alpha value is -1.14. The van der Waals surface area contributed by atoms with E-state index in [2.05, 4.69) is 19.2 Å². The molecule has 21 heavy (non-hydrogen) atoms. The Balaban J connectivity index is 1.89. The van der Waals surface area contributed by atoms with Crippen LogP contribution in [0.1, 0.15) is 26.7 Å². The van der Waals surface area contributed by atoms with E-state index in [1.54, 1.807) is 0 Å². The molecule has 0 aromatic heterocycles. The van der Waals surface area contributed by atoms with Gasteiger partial charge >= 0.3 is 5.97 Å². The standard InChI is InChI=1S/C15H27N3O3/c1-15(2,12-4-3-5-16-10-12)14(21)18-8-6-17(7-9-18)11-13(19)20/h12,16H,3-11H2,1-2H3,(H,19,20). The molecule has 0 saturated carbocycles. The molecule has 1 unspecified atom stereocenters. The van der Waals surface area contributed by atoms with Crippen molar-refractivity contribution in [2.45, 2.75) is 26.7 Å². The summed E-state index contributed by atoms with van der Waals surface area (Å²) >= 11 is 0. The van der Waals surface area contributed by atoms with Gasteiger partial charge in [-0.1, -0.05) is 13.8 Å². The number of carboxylic acids is 1. The number of rotatable bonds is 4. The minimum absolute atomic E-state index is 0.0674. The van der Waals surface area contributed by atoms with Gasteiger partial charge in [-0.3, -0.25) is 14.5 Å². The van der Waals surface area contributed by atoms with E-state index in [4.69, 9.17) is 5.11 Å². The lowest BCUT2D eigenvalue weighted by Crippen LogP contribution is -2.55. The largest absolute Gasteiger partial charge is 0.480 e. The molecule has 0 aliphatic carbocycles. The van der Waals surface area contributed by atoms with Crippen molar-refractivity contribution >= 4 is 11.9 Å². The number of amides is 1. The van der Waals surface area contributed by atoms with E-state index < -0.39 is 5.97 Å². The van der Waals surface area contributed by atoms with Gasteiger partial charge in [0.15, 0.2) is 0 Å². The predicted molar refractivity (Wildman–Crippen MR) is 80.0 cm³/mol. The highest BCUT2D eigenvalue weighted by atomic mass is 16.4. The summed E-state index contributed by atoms with van der Waals surface area (Å²) in [5, 5.41) is 12.2. The summed E-state index contributed by atoms with van der Waals surface area (Å²) in [6, 6.07) is 0. The zero-order valence-corrected chi connectivity index (χ0v) is 13.1. The number of piperidine rings is 1. The summed E-state index contributed by atoms with van der Waals surface area (Å²) in [6.07, 6.45) is 2.23. The first-order valence-corrected chi connectivity index (χ1v) is 7.85. The molecule has 120 valence electrons. The van der Waals surface area contributed by atoms with Crippen LogP contribution in [0.3, 0.4) is 0 Å². The number of carbonyl (C=O) groups excluding carboxylic acids is 1. The second-order valence-corrected chi connectivity index (χ2v) is 6.73. The average molecular weight is 297 g/mol. The minimum atomic E-state index is -0.802. The maximum atomic E-state index is 12.8. The number of nitrogens with zero attached hydrogens (tertiary/aromatic N) is 2. The molecule has 2 aliphatic rings. The van der Waals surface area contributed by atoms with E-state index in [1.165, 1.54) is 0 Å². The van der Waals surface area contributed by atoms with Gasteiger partial charge in [0.05, 0.1) is 6.54 Å². The van der Waals surface area contributed by atoms with E-state index >= 15 is 0 Å². The van der Waals surface area contributed by atoms with Crippen LogP contribution >= 0.6 is 0 Å². The third kappa shape index (κ3) is 3.95. The first-order chi connectivity index (χ1) is 9.91. The Kier molecular flexibility index (Phi) is 5.22. The van der Waals surface area contributed by atoms with Gasteiger partial charge in [-0.25, -0.2) is 0 Å². The van der Waals surface area contributed by atoms with Crippen molar-refractivity contribution in [2.24, 2.45) is 11.3 Å². The number of hydrogen-bond donors (Lipinski definition) is 2. The van der Waals surface area contributed by atoms with Gasteiger partial charge in [0.1, 0.15) is 0 Å². The van der Waals surface area contributed by atoms with E-state index in [0.29, 0.717) is 32.1 Å². The molecule has 0 radical (unpaired) electrons. The lowest BCUT2D eigenvalue weighted by molar-refractivity contribution is -0.146. The SMILES string of the molecule is CC(C)(C(=O)N1CCN(CC(=O)O)CC1)C1CCCNC1. The lowest BCUT2D eigenvalue weighted by atomic mass is 9.74. The van der Waals surface area contributed by atoms with Crippen LogP contribution in [0.2, 0.25) is 0 Å². The van der Waals surface area contributed by atoms with Crippen LogP contribution in [0.15, 0.2) is 0 Å². The molecule has 0 aromatic rings. The molecule has 6 nitrogen and oxygen atoms in total. The van der Waals surface area contributed by atoms with Gasteiger partial charge in [-0.2, -0.15) is 0 Å². The summed E-state index contributed by atoms with van der Waals surface area (Å²) < 4.78 is 0. The van der Waals surface area contributed by atoms with Crippen LogP contribution < -0.4 is 5.32 Å². The molecule has 0 aromatic carbocycles. The number of carbonyl (C=O) groups is 2. The van der Waals surface area contributed by atoms with E-state index in [1.807, 2.05) is 9.80 Å². The third-order valence-electron chi connectivity index (χ3n) is 4.89. The van der Waals surface area contributed by atoms with Crippen molar-refractivity contribution in [2.75, 3.05) is 45.8 Å². The lowest BCUT2D eigenvalue weighted by Gasteiger charge is -2.42. The summed E-state index contributed by atoms with van der Waals surface area (Å²) in [7, 11) is 0. The maximum absolute atomic E-state index is 12.8. The van der Waals surface area contributed by atoms with Crippen LogP contribution in [0, 0.1) is 11.3 Å². The van der Waals surface area contributed by atoms with Crippen molar-refractivity contribution in [3.05, 3.63) is 0 Å². The van der Waals surface area contributed by atoms with Crippen LogP contribution in [0.25, 0.3) is 0 Å². The number of nitrogens with one attached hydrogen (secondary N) is 1. The van der Waals surface area contributed by atoms with Gasteiger partial charge in [0, 0.05) is 31.6 Å². The smallest absolute Gasteiger partial charge is 0.317 e. The molecule has 0 spiro atoms. The van der Waals surface area contributed by atoms with E-state index in [-0.39, 0.29) is 17.9 Å². The van der Waals surface area contributed by atoms with Crippen molar-refractivity contribution in [3.8, 4) is 0 Å². The Morgan fingerprint density at radius 1 is 1.24 bits per heavy atom. The number of piperazine rings is 1. The minimum Gasteiger partial charge on any atom is -0.480 e. The van der Waals surface area contributed by atoms with Crippen molar-refractivity contribution in [1.82, 2.24) is 15.1 Å². The van der Waals surface area contributed by atoms with Crippen molar-refractivity contribution < 1.29 is 14.7 Å². The molecular formula is C15H27N3O3. The molecule has 2 fully saturated rings. The highest BCUT2D eigenvalue weighted by molar-refractivity contribution is 5.82. The van der Waals surface area contributed by atoms with Gasteiger partial charge in [-0.05, 0) is 31.8 Å². The Morgan fingerprint density at radius 2 is 1.90 bits per heavy atom. The van der Waals surface area contributed by atoms with Crippen LogP contribution in [0.5, 0.6) is 0 Å². The summed E-state index contributed by atoms with van der Waals surface area (Å²) in [6.45, 7) is 8.71. The normalized spacial score (nSPS) is 24.9. The average Bonchev–Trinajstić information content (AvgIpc) is 2.47. The van der Waals surface area contributed by atoms with Gasteiger partial charge < -0.3 is 15.3 Å². The topological polar surface area (TPSA) is 72.9 Å². The van der Waals surface area contributed by atoms with E-state index in [0.717, 1.165) is 25.9 Å². The van der Waals surface area contributed by atoms with E-state index in [9.17, 15) is 9.59 Å². The highest BCUT2D eigenvalue weighted by Gasteiger charge is 2.40. The maximum Gasteiger partial charge on any atom is 0.317 e. The molecule has 2 saturated heterocycles. The van der Waals surface area contributed by atoms with Gasteiger partial charge in [0.25, 0.3) is 0 Å². The first-order valence-electron chi connectivity index (χ1n) is 7.85. The van der Waals surface area contributed by atoms with Crippen LogP contribution in [-0.2, 0) is 9.59 Å². The predicted octanol–water partition coefficient (Wildman–Crippen LogP) is 0.241. The fourth-order valence-electron chi connectivity index (χ4n) is 3.35. The third-order valence-corrected chi connectivity index (χ3v) is 4.89. The summed E-state index contributed by atoms with van der Waals surface area (Å²) in [5.41, 5.74) is -0.345. The Morgan fingerprint density at radius 3 is 2.43 bits per heavy atom. The second kappa shape index (κ2) is 6.75. The molecule has 0 bridgehead atoms. The summed E-state index contributed by atoms with van der Waals surface area (Å²) in [4.78, 5) is 27.3. The molecular weight excluding hydrogens is 270 g/mol. The monoisotopic (exact) mass is 297 g/mol. The fourth-order valence-corrected chi connectivity index (χ4v) is 3.35. The zero-order valence-electron chi connectivity index (χ0n) is 13.1. The van der Waals surface area contributed by atoms with Crippen molar-refractivity contribution in [3.63, 3.8) is 0 Å². The number of aliphatic carboxylic acids is 1. The van der Waals surface area contributed by atoms with Crippen LogP contribution in [0.4, 0.5) is 0 Å². The Bertz CT molecular complexity index is 384. The van der Waals surface area contributed by atoms with Crippen LogP contribution in [-0.4, -0.2) is 72.6 Å². The highest BCUT2D eigenvalue weighted by Crippen LogP contribution is 2.33. The number of hydrogen-bond acceptors (Lipinski definition) is 4. The number of carboxylic acid groups (broad SMARTS) is 1. The quantitative estimate of drug-likeness (QED) is 0.778. The molecule has 2 aliphatic heterocycles. The van der Waals surface area contributed by atoms with Gasteiger partial charge in [-0.15, -0.1) is 0 Å². The molecule has 1 atom stereocenters. The molecule has 2 N–H and O–H groups in total. The zero-order chi connectivity index (χ0) is 15.5. The fraction of sp³-hybridized carbons (Fsp3) is 0.867. The molecule has 6 heteroatoms. The molecule has 2 rings (SSSR count). The summed E-state index contributed by atoms with van der Waals surface area (Å²) in [5.74, 6) is -0.203. The molecule has 1 amide bonds. The molecule has 2 heterocycles. The Labute approximate surface area is 126 Å². The van der Waals surface area contributed by atoms with Gasteiger partial charge in [0.2, 0.25) is 5.91 Å².